The molecule has 1 amide bonds. The first kappa shape index (κ1) is 14.7. The average molecular weight is 288 g/mol. The lowest BCUT2D eigenvalue weighted by atomic mass is 10.1. The van der Waals surface area contributed by atoms with E-state index in [1.807, 2.05) is 6.92 Å². The molecule has 2 N–H and O–H groups in total. The summed E-state index contributed by atoms with van der Waals surface area (Å²) in [7, 11) is 0. The molecule has 7 nitrogen and oxygen atoms in total. The summed E-state index contributed by atoms with van der Waals surface area (Å²) >= 11 is 0. The molecular formula is C14H16N4O3. The number of benzene rings is 1. The Labute approximate surface area is 121 Å². The number of carbonyl (C=O) groups is 1. The van der Waals surface area contributed by atoms with Gasteiger partial charge in [0.1, 0.15) is 11.6 Å². The van der Waals surface area contributed by atoms with Crippen molar-refractivity contribution >= 4 is 28.2 Å². The molecule has 1 aromatic carbocycles. The van der Waals surface area contributed by atoms with Gasteiger partial charge >= 0.3 is 0 Å². The monoisotopic (exact) mass is 288 g/mol. The zero-order chi connectivity index (χ0) is 15.4. The number of pyridine rings is 1. The summed E-state index contributed by atoms with van der Waals surface area (Å²) in [5, 5.41) is 17.2. The average Bonchev–Trinajstić information content (AvgIpc) is 2.47. The van der Waals surface area contributed by atoms with Crippen LogP contribution >= 0.6 is 0 Å². The first-order chi connectivity index (χ1) is 10.0. The van der Waals surface area contributed by atoms with E-state index in [0.717, 1.165) is 0 Å². The van der Waals surface area contributed by atoms with Crippen molar-refractivity contribution in [2.45, 2.75) is 19.9 Å². The summed E-state index contributed by atoms with van der Waals surface area (Å²) in [6, 6.07) is 5.81. The number of rotatable bonds is 5. The lowest BCUT2D eigenvalue weighted by molar-refractivity contribution is -0.383. The molecule has 1 unspecified atom stereocenters. The maximum Gasteiger partial charge on any atom is 0.278 e. The van der Waals surface area contributed by atoms with Crippen molar-refractivity contribution in [1.82, 2.24) is 10.3 Å². The minimum absolute atomic E-state index is 0.00527. The molecular weight excluding hydrogens is 272 g/mol. The number of nitro benzene ring substituents is 1. The predicted octanol–water partition coefficient (Wildman–Crippen LogP) is 2.08. The summed E-state index contributed by atoms with van der Waals surface area (Å²) in [5.74, 6) is -0.139. The molecule has 0 bridgehead atoms. The Morgan fingerprint density at radius 2 is 2.19 bits per heavy atom. The van der Waals surface area contributed by atoms with Crippen LogP contribution in [0.25, 0.3) is 10.9 Å². The highest BCUT2D eigenvalue weighted by Gasteiger charge is 2.17. The van der Waals surface area contributed by atoms with E-state index in [2.05, 4.69) is 15.6 Å². The molecule has 0 radical (unpaired) electrons. The number of non-ortho nitro benzene ring substituents is 1. The fraction of sp³-hybridized carbons (Fsp3) is 0.286. The van der Waals surface area contributed by atoms with Crippen LogP contribution < -0.4 is 10.6 Å². The summed E-state index contributed by atoms with van der Waals surface area (Å²) in [6.07, 6.45) is 1.56. The van der Waals surface area contributed by atoms with Crippen LogP contribution in [0.3, 0.4) is 0 Å². The summed E-state index contributed by atoms with van der Waals surface area (Å²) < 4.78 is 0. The van der Waals surface area contributed by atoms with Gasteiger partial charge in [-0.2, -0.15) is 0 Å². The smallest absolute Gasteiger partial charge is 0.278 e. The normalized spacial score (nSPS) is 11.9. The van der Waals surface area contributed by atoms with Gasteiger partial charge in [0.15, 0.2) is 0 Å². The van der Waals surface area contributed by atoms with Gasteiger partial charge in [-0.15, -0.1) is 0 Å². The van der Waals surface area contributed by atoms with Crippen molar-refractivity contribution in [3.8, 4) is 0 Å². The summed E-state index contributed by atoms with van der Waals surface area (Å²) in [5.41, 5.74) is 1.06. The number of anilines is 1. The minimum atomic E-state index is -0.461. The second-order valence-corrected chi connectivity index (χ2v) is 4.55. The van der Waals surface area contributed by atoms with Crippen LogP contribution in [-0.2, 0) is 4.79 Å². The van der Waals surface area contributed by atoms with Gasteiger partial charge in [0.05, 0.1) is 16.0 Å². The van der Waals surface area contributed by atoms with Gasteiger partial charge in [-0.3, -0.25) is 19.9 Å². The van der Waals surface area contributed by atoms with Crippen molar-refractivity contribution in [3.05, 3.63) is 40.6 Å². The molecule has 0 aliphatic carbocycles. The third kappa shape index (κ3) is 3.07. The van der Waals surface area contributed by atoms with Crippen LogP contribution in [0.15, 0.2) is 30.5 Å². The van der Waals surface area contributed by atoms with Crippen molar-refractivity contribution in [2.24, 2.45) is 0 Å². The van der Waals surface area contributed by atoms with Crippen molar-refractivity contribution in [3.63, 3.8) is 0 Å². The van der Waals surface area contributed by atoms with Gasteiger partial charge in [0.2, 0.25) is 5.91 Å². The van der Waals surface area contributed by atoms with Crippen molar-refractivity contribution in [2.75, 3.05) is 11.9 Å². The van der Waals surface area contributed by atoms with Crippen LogP contribution in [0, 0.1) is 10.1 Å². The van der Waals surface area contributed by atoms with E-state index >= 15 is 0 Å². The second-order valence-electron chi connectivity index (χ2n) is 4.55. The van der Waals surface area contributed by atoms with Crippen LogP contribution in [0.4, 0.5) is 11.4 Å². The number of fused-ring (bicyclic) bond motifs is 1. The van der Waals surface area contributed by atoms with E-state index < -0.39 is 11.0 Å². The van der Waals surface area contributed by atoms with Crippen molar-refractivity contribution in [1.29, 1.82) is 0 Å². The minimum Gasteiger partial charge on any atom is -0.372 e. The van der Waals surface area contributed by atoms with E-state index in [-0.39, 0.29) is 11.6 Å². The van der Waals surface area contributed by atoms with Gasteiger partial charge in [0.25, 0.3) is 5.69 Å². The number of aromatic nitrogens is 1. The summed E-state index contributed by atoms with van der Waals surface area (Å²) in [4.78, 5) is 26.5. The topological polar surface area (TPSA) is 97.2 Å². The third-order valence-electron chi connectivity index (χ3n) is 3.06. The molecule has 0 aliphatic rings. The molecule has 0 fully saturated rings. The van der Waals surface area contributed by atoms with Crippen molar-refractivity contribution < 1.29 is 9.72 Å². The van der Waals surface area contributed by atoms with Gasteiger partial charge in [-0.1, -0.05) is 0 Å². The van der Waals surface area contributed by atoms with Crippen LogP contribution in [0.2, 0.25) is 0 Å². The van der Waals surface area contributed by atoms with Crippen LogP contribution in [-0.4, -0.2) is 28.4 Å². The molecule has 2 rings (SSSR count). The Kier molecular flexibility index (Phi) is 4.32. The quantitative estimate of drug-likeness (QED) is 0.648. The molecule has 110 valence electrons. The lowest BCUT2D eigenvalue weighted by Crippen LogP contribution is -2.37. The van der Waals surface area contributed by atoms with Gasteiger partial charge in [-0.25, -0.2) is 0 Å². The first-order valence-corrected chi connectivity index (χ1v) is 6.61. The molecule has 0 spiro atoms. The zero-order valence-corrected chi connectivity index (χ0v) is 11.8. The number of nitrogens with one attached hydrogen (secondary N) is 2. The molecule has 1 aromatic heterocycles. The highest BCUT2D eigenvalue weighted by atomic mass is 16.6. The number of hydrogen-bond donors (Lipinski definition) is 2. The fourth-order valence-corrected chi connectivity index (χ4v) is 2.06. The Balaban J connectivity index is 2.40. The summed E-state index contributed by atoms with van der Waals surface area (Å²) in [6.45, 7) is 4.11. The largest absolute Gasteiger partial charge is 0.372 e. The highest BCUT2D eigenvalue weighted by Crippen LogP contribution is 2.29. The molecule has 21 heavy (non-hydrogen) atoms. The van der Waals surface area contributed by atoms with Crippen LogP contribution in [0.1, 0.15) is 13.8 Å². The molecule has 0 saturated heterocycles. The molecule has 1 heterocycles. The number of hydrogen-bond acceptors (Lipinski definition) is 5. The van der Waals surface area contributed by atoms with E-state index in [4.69, 9.17) is 0 Å². The van der Waals surface area contributed by atoms with E-state index in [1.54, 1.807) is 31.3 Å². The Morgan fingerprint density at radius 3 is 2.86 bits per heavy atom. The second kappa shape index (κ2) is 6.17. The van der Waals surface area contributed by atoms with E-state index in [0.29, 0.717) is 23.1 Å². The Hall–Kier alpha value is -2.70. The first-order valence-electron chi connectivity index (χ1n) is 6.61. The fourth-order valence-electron chi connectivity index (χ4n) is 2.06. The zero-order valence-electron chi connectivity index (χ0n) is 11.8. The van der Waals surface area contributed by atoms with E-state index in [9.17, 15) is 14.9 Å². The molecule has 1 atom stereocenters. The maximum atomic E-state index is 11.8. The number of carbonyl (C=O) groups excluding carboxylic acids is 1. The molecule has 0 saturated carbocycles. The standard InChI is InChI=1S/C14H16N4O3/c1-3-15-14(19)9(2)17-11-6-7-12(18(20)21)10-5-4-8-16-13(10)11/h4-9,17H,3H2,1-2H3,(H,15,19). The van der Waals surface area contributed by atoms with Crippen LogP contribution in [0.5, 0.6) is 0 Å². The number of likely N-dealkylation sites (N-methyl/N-ethyl adjacent to an activating group) is 1. The van der Waals surface area contributed by atoms with Gasteiger partial charge in [0, 0.05) is 18.8 Å². The Bertz CT molecular complexity index is 687. The molecule has 2 aromatic rings. The maximum absolute atomic E-state index is 11.8. The SMILES string of the molecule is CCNC(=O)C(C)Nc1ccc([N+](=O)[O-])c2cccnc12. The highest BCUT2D eigenvalue weighted by molar-refractivity contribution is 5.98. The molecule has 7 heteroatoms. The number of nitro groups is 1. The van der Waals surface area contributed by atoms with Gasteiger partial charge < -0.3 is 10.6 Å². The predicted molar refractivity (Wildman–Crippen MR) is 80.2 cm³/mol. The Morgan fingerprint density at radius 1 is 1.43 bits per heavy atom. The number of nitrogens with zero attached hydrogens (tertiary/aromatic N) is 2. The molecule has 0 aliphatic heterocycles. The third-order valence-corrected chi connectivity index (χ3v) is 3.06. The number of amides is 1. The van der Waals surface area contributed by atoms with E-state index in [1.165, 1.54) is 6.07 Å². The van der Waals surface area contributed by atoms with Gasteiger partial charge in [-0.05, 0) is 32.0 Å². The lowest BCUT2D eigenvalue weighted by Gasteiger charge is -2.15.